The molecular weight excluding hydrogens is 422 g/mol. The first-order valence-corrected chi connectivity index (χ1v) is 9.86. The lowest BCUT2D eigenvalue weighted by molar-refractivity contribution is 0.0601. The zero-order valence-corrected chi connectivity index (χ0v) is 18.2. The fourth-order valence-electron chi connectivity index (χ4n) is 2.72. The van der Waals surface area contributed by atoms with E-state index in [1.165, 1.54) is 33.5 Å². The molecular formula is C21H21N3O6S. The third-order valence-electron chi connectivity index (χ3n) is 4.40. The van der Waals surface area contributed by atoms with Gasteiger partial charge >= 0.3 is 5.97 Å². The lowest BCUT2D eigenvalue weighted by Gasteiger charge is -2.15. The second kappa shape index (κ2) is 9.90. The molecule has 2 aromatic carbocycles. The monoisotopic (exact) mass is 443 g/mol. The van der Waals surface area contributed by atoms with Crippen LogP contribution in [-0.2, 0) is 11.3 Å². The molecule has 3 aromatic rings. The summed E-state index contributed by atoms with van der Waals surface area (Å²) in [4.78, 5) is 25.1. The number of hydrogen-bond donors (Lipinski definition) is 1. The van der Waals surface area contributed by atoms with Gasteiger partial charge in [0.1, 0.15) is 18.1 Å². The Hall–Kier alpha value is -3.66. The number of hydrogen-bond acceptors (Lipinski definition) is 9. The highest BCUT2D eigenvalue weighted by Gasteiger charge is 2.20. The van der Waals surface area contributed by atoms with Crippen LogP contribution in [0.2, 0.25) is 0 Å². The number of nitrogens with one attached hydrogen (secondary N) is 1. The van der Waals surface area contributed by atoms with E-state index in [9.17, 15) is 9.59 Å². The second-order valence-electron chi connectivity index (χ2n) is 6.31. The van der Waals surface area contributed by atoms with Crippen LogP contribution in [0.5, 0.6) is 17.2 Å². The van der Waals surface area contributed by atoms with E-state index in [4.69, 9.17) is 18.9 Å². The van der Waals surface area contributed by atoms with Crippen molar-refractivity contribution in [1.82, 2.24) is 8.75 Å². The van der Waals surface area contributed by atoms with Crippen molar-refractivity contribution < 1.29 is 28.5 Å². The minimum atomic E-state index is -0.624. The highest BCUT2D eigenvalue weighted by atomic mass is 32.1. The first-order chi connectivity index (χ1) is 15.0. The second-order valence-corrected chi connectivity index (χ2v) is 6.84. The van der Waals surface area contributed by atoms with Gasteiger partial charge in [-0.3, -0.25) is 4.79 Å². The van der Waals surface area contributed by atoms with Crippen LogP contribution in [0.1, 0.15) is 32.1 Å². The van der Waals surface area contributed by atoms with Gasteiger partial charge in [-0.25, -0.2) is 4.79 Å². The van der Waals surface area contributed by atoms with Gasteiger partial charge in [-0.15, -0.1) is 0 Å². The third kappa shape index (κ3) is 5.10. The van der Waals surface area contributed by atoms with E-state index in [1.807, 2.05) is 6.92 Å². The maximum Gasteiger partial charge on any atom is 0.340 e. The van der Waals surface area contributed by atoms with Crippen molar-refractivity contribution in [2.45, 2.75) is 13.5 Å². The zero-order valence-electron chi connectivity index (χ0n) is 17.4. The minimum Gasteiger partial charge on any atom is -0.493 e. The molecule has 0 unspecified atom stereocenters. The van der Waals surface area contributed by atoms with Crippen LogP contribution in [0.3, 0.4) is 0 Å². The summed E-state index contributed by atoms with van der Waals surface area (Å²) in [6, 6.07) is 9.62. The maximum absolute atomic E-state index is 12.9. The van der Waals surface area contributed by atoms with Gasteiger partial charge in [0.15, 0.2) is 11.5 Å². The molecule has 162 valence electrons. The van der Waals surface area contributed by atoms with Gasteiger partial charge in [-0.2, -0.15) is 8.75 Å². The maximum atomic E-state index is 12.9. The average Bonchev–Trinajstić information content (AvgIpc) is 3.21. The number of esters is 1. The fourth-order valence-corrected chi connectivity index (χ4v) is 3.27. The summed E-state index contributed by atoms with van der Waals surface area (Å²) in [5.41, 5.74) is 2.25. The normalized spacial score (nSPS) is 10.3. The highest BCUT2D eigenvalue weighted by Crippen LogP contribution is 2.34. The SMILES string of the molecule is COC(=O)c1cc(OC)c(OC)cc1NC(=O)c1cccc(OCc2nsnc2C)c1. The summed E-state index contributed by atoms with van der Waals surface area (Å²) < 4.78 is 29.3. The molecule has 3 rings (SSSR count). The molecule has 0 bridgehead atoms. The van der Waals surface area contributed by atoms with E-state index in [0.29, 0.717) is 22.8 Å². The molecule has 10 heteroatoms. The Kier molecular flexibility index (Phi) is 7.03. The number of benzene rings is 2. The number of carbonyl (C=O) groups is 2. The van der Waals surface area contributed by atoms with Crippen LogP contribution in [-0.4, -0.2) is 42.0 Å². The number of aryl methyl sites for hydroxylation is 1. The van der Waals surface area contributed by atoms with Crippen molar-refractivity contribution in [3.8, 4) is 17.2 Å². The van der Waals surface area contributed by atoms with E-state index in [-0.39, 0.29) is 17.9 Å². The van der Waals surface area contributed by atoms with E-state index in [0.717, 1.165) is 23.1 Å². The van der Waals surface area contributed by atoms with Crippen molar-refractivity contribution >= 4 is 29.3 Å². The molecule has 0 saturated heterocycles. The van der Waals surface area contributed by atoms with E-state index < -0.39 is 11.9 Å². The topological polar surface area (TPSA) is 109 Å². The number of aromatic nitrogens is 2. The van der Waals surface area contributed by atoms with Gasteiger partial charge in [0, 0.05) is 17.7 Å². The molecule has 0 atom stereocenters. The third-order valence-corrected chi connectivity index (χ3v) is 5.05. The lowest BCUT2D eigenvalue weighted by Crippen LogP contribution is -2.16. The summed E-state index contributed by atoms with van der Waals surface area (Å²) in [7, 11) is 4.17. The molecule has 0 radical (unpaired) electrons. The Labute approximate surface area is 183 Å². The number of carbonyl (C=O) groups excluding carboxylic acids is 2. The largest absolute Gasteiger partial charge is 0.493 e. The molecule has 31 heavy (non-hydrogen) atoms. The number of methoxy groups -OCH3 is 3. The summed E-state index contributed by atoms with van der Waals surface area (Å²) in [5, 5.41) is 2.72. The molecule has 0 saturated carbocycles. The molecule has 0 aliphatic rings. The van der Waals surface area contributed by atoms with E-state index in [1.54, 1.807) is 24.3 Å². The quantitative estimate of drug-likeness (QED) is 0.527. The summed E-state index contributed by atoms with van der Waals surface area (Å²) in [6.45, 7) is 2.10. The molecule has 0 aliphatic heterocycles. The standard InChI is InChI=1S/C21H21N3O6S/c1-12-17(24-31-23-12)11-30-14-7-5-6-13(8-14)20(25)22-16-10-19(28-3)18(27-2)9-15(16)21(26)29-4/h5-10H,11H2,1-4H3,(H,22,25). The molecule has 1 N–H and O–H groups in total. The van der Waals surface area contributed by atoms with Gasteiger partial charge in [0.2, 0.25) is 0 Å². The van der Waals surface area contributed by atoms with Crippen LogP contribution < -0.4 is 19.5 Å². The summed E-state index contributed by atoms with van der Waals surface area (Å²) >= 11 is 1.12. The number of anilines is 1. The number of nitrogens with zero attached hydrogens (tertiary/aromatic N) is 2. The average molecular weight is 443 g/mol. The fraction of sp³-hybridized carbons (Fsp3) is 0.238. The van der Waals surface area contributed by atoms with Crippen molar-refractivity contribution in [3.05, 3.63) is 58.9 Å². The van der Waals surface area contributed by atoms with Crippen LogP contribution in [0, 0.1) is 6.92 Å². The van der Waals surface area contributed by atoms with Crippen molar-refractivity contribution in [2.75, 3.05) is 26.6 Å². The van der Waals surface area contributed by atoms with Crippen LogP contribution in [0.25, 0.3) is 0 Å². The molecule has 1 heterocycles. The Morgan fingerprint density at radius 1 is 1.03 bits per heavy atom. The van der Waals surface area contributed by atoms with Crippen LogP contribution in [0.4, 0.5) is 5.69 Å². The minimum absolute atomic E-state index is 0.132. The number of amides is 1. The molecule has 1 aromatic heterocycles. The predicted octanol–water partition coefficient (Wildman–Crippen LogP) is 3.48. The Morgan fingerprint density at radius 3 is 2.42 bits per heavy atom. The Bertz CT molecular complexity index is 1100. The van der Waals surface area contributed by atoms with E-state index in [2.05, 4.69) is 14.1 Å². The van der Waals surface area contributed by atoms with Crippen LogP contribution in [0.15, 0.2) is 36.4 Å². The highest BCUT2D eigenvalue weighted by molar-refractivity contribution is 6.99. The van der Waals surface area contributed by atoms with Gasteiger partial charge < -0.3 is 24.3 Å². The molecule has 0 fully saturated rings. The first kappa shape index (κ1) is 22.0. The smallest absolute Gasteiger partial charge is 0.340 e. The number of rotatable bonds is 8. The Balaban J connectivity index is 1.82. The number of ether oxygens (including phenoxy) is 4. The zero-order chi connectivity index (χ0) is 22.4. The van der Waals surface area contributed by atoms with Gasteiger partial charge in [0.25, 0.3) is 5.91 Å². The first-order valence-electron chi connectivity index (χ1n) is 9.13. The van der Waals surface area contributed by atoms with Crippen molar-refractivity contribution in [1.29, 1.82) is 0 Å². The molecule has 0 spiro atoms. The molecule has 0 aliphatic carbocycles. The van der Waals surface area contributed by atoms with Gasteiger partial charge in [0.05, 0.1) is 50.0 Å². The summed E-state index contributed by atoms with van der Waals surface area (Å²) in [5.74, 6) is 0.133. The predicted molar refractivity (Wildman–Crippen MR) is 114 cm³/mol. The van der Waals surface area contributed by atoms with Gasteiger partial charge in [-0.05, 0) is 25.1 Å². The van der Waals surface area contributed by atoms with E-state index >= 15 is 0 Å². The molecule has 9 nitrogen and oxygen atoms in total. The summed E-state index contributed by atoms with van der Waals surface area (Å²) in [6.07, 6.45) is 0. The van der Waals surface area contributed by atoms with Crippen molar-refractivity contribution in [3.63, 3.8) is 0 Å². The molecule has 1 amide bonds. The lowest BCUT2D eigenvalue weighted by atomic mass is 10.1. The Morgan fingerprint density at radius 2 is 1.77 bits per heavy atom. The van der Waals surface area contributed by atoms with Crippen LogP contribution >= 0.6 is 11.7 Å². The van der Waals surface area contributed by atoms with Gasteiger partial charge in [-0.1, -0.05) is 6.07 Å². The van der Waals surface area contributed by atoms with Crippen molar-refractivity contribution in [2.24, 2.45) is 0 Å².